The maximum absolute atomic E-state index is 12.6. The van der Waals surface area contributed by atoms with Crippen LogP contribution >= 0.6 is 39.9 Å². The average molecular weight is 426 g/mol. The van der Waals surface area contributed by atoms with Crippen LogP contribution in [0.4, 0.5) is 5.69 Å². The fourth-order valence-corrected chi connectivity index (χ4v) is 3.66. The first-order valence-electron chi connectivity index (χ1n) is 6.46. The van der Waals surface area contributed by atoms with Gasteiger partial charge in [-0.25, -0.2) is 4.79 Å². The molecule has 0 bridgehead atoms. The second-order valence-corrected chi connectivity index (χ2v) is 7.12. The number of phenols is 1. The number of halogens is 1. The Bertz CT molecular complexity index is 905. The third-order valence-corrected chi connectivity index (χ3v) is 4.86. The van der Waals surface area contributed by atoms with E-state index in [2.05, 4.69) is 15.9 Å². The van der Waals surface area contributed by atoms with Gasteiger partial charge in [-0.2, -0.15) is 0 Å². The zero-order valence-electron chi connectivity index (χ0n) is 11.7. The van der Waals surface area contributed by atoms with E-state index in [1.165, 1.54) is 23.1 Å². The number of hydrogen-bond donors (Lipinski definition) is 2. The van der Waals surface area contributed by atoms with E-state index < -0.39 is 5.97 Å². The van der Waals surface area contributed by atoms with Crippen molar-refractivity contribution in [2.45, 2.75) is 0 Å². The molecule has 3 rings (SSSR count). The molecule has 2 heterocycles. The van der Waals surface area contributed by atoms with Crippen molar-refractivity contribution in [3.8, 4) is 5.75 Å². The van der Waals surface area contributed by atoms with Crippen LogP contribution in [0, 0.1) is 0 Å². The highest BCUT2D eigenvalue weighted by molar-refractivity contribution is 9.10. The summed E-state index contributed by atoms with van der Waals surface area (Å²) in [4.78, 5) is 25.3. The molecule has 0 spiro atoms. The summed E-state index contributed by atoms with van der Waals surface area (Å²) >= 11 is 9.48. The molecule has 1 amide bonds. The molecule has 1 saturated heterocycles. The van der Waals surface area contributed by atoms with Gasteiger partial charge in [-0.1, -0.05) is 24.0 Å². The van der Waals surface area contributed by atoms with E-state index in [-0.39, 0.29) is 27.2 Å². The molecule has 1 aromatic carbocycles. The van der Waals surface area contributed by atoms with Gasteiger partial charge in [0.25, 0.3) is 5.91 Å². The van der Waals surface area contributed by atoms with E-state index in [4.69, 9.17) is 21.7 Å². The second kappa shape index (κ2) is 6.42. The fraction of sp³-hybridized carbons (Fsp3) is 0. The minimum atomic E-state index is -1.30. The number of furan rings is 1. The summed E-state index contributed by atoms with van der Waals surface area (Å²) in [7, 11) is 0. The van der Waals surface area contributed by atoms with Gasteiger partial charge < -0.3 is 14.6 Å². The zero-order chi connectivity index (χ0) is 17.4. The molecule has 0 radical (unpaired) electrons. The molecule has 1 fully saturated rings. The number of amides is 1. The van der Waals surface area contributed by atoms with Crippen molar-refractivity contribution in [1.82, 2.24) is 0 Å². The van der Waals surface area contributed by atoms with E-state index in [9.17, 15) is 14.7 Å². The van der Waals surface area contributed by atoms with Crippen molar-refractivity contribution in [1.29, 1.82) is 0 Å². The standard InChI is InChI=1S/C15H8BrNO5S2/c16-12-4-2-8(22-12)6-11-13(19)17(15(23)24-11)7-1-3-10(18)9(5-7)14(20)21/h1-6,18H,(H,20,21). The van der Waals surface area contributed by atoms with Crippen LogP contribution in [-0.4, -0.2) is 26.4 Å². The van der Waals surface area contributed by atoms with Gasteiger partial charge in [-0.05, 0) is 46.3 Å². The van der Waals surface area contributed by atoms with Crippen LogP contribution in [0.2, 0.25) is 0 Å². The minimum absolute atomic E-state index is 0.263. The molecule has 122 valence electrons. The molecule has 1 aliphatic heterocycles. The number of nitrogens with zero attached hydrogens (tertiary/aromatic N) is 1. The molecule has 1 aromatic heterocycles. The van der Waals surface area contributed by atoms with Gasteiger partial charge in [0.05, 0.1) is 10.6 Å². The SMILES string of the molecule is O=C(O)c1cc(N2C(=O)C(=Cc3ccc(Br)o3)SC2=S)ccc1O. The number of carboxylic acid groups (broad SMARTS) is 1. The third-order valence-electron chi connectivity index (χ3n) is 3.13. The topological polar surface area (TPSA) is 91.0 Å². The fourth-order valence-electron chi connectivity index (χ4n) is 2.06. The Kier molecular flexibility index (Phi) is 4.48. The number of carbonyl (C=O) groups excluding carboxylic acids is 1. The molecule has 9 heteroatoms. The largest absolute Gasteiger partial charge is 0.507 e. The van der Waals surface area contributed by atoms with Crippen molar-refractivity contribution < 1.29 is 24.2 Å². The van der Waals surface area contributed by atoms with E-state index in [0.717, 1.165) is 11.8 Å². The predicted molar refractivity (Wildman–Crippen MR) is 97.1 cm³/mol. The molecule has 24 heavy (non-hydrogen) atoms. The first-order valence-corrected chi connectivity index (χ1v) is 8.48. The van der Waals surface area contributed by atoms with Crippen molar-refractivity contribution in [3.63, 3.8) is 0 Å². The first kappa shape index (κ1) is 16.7. The summed E-state index contributed by atoms with van der Waals surface area (Å²) in [6.07, 6.45) is 1.56. The molecule has 0 atom stereocenters. The van der Waals surface area contributed by atoms with Gasteiger partial charge in [-0.15, -0.1) is 0 Å². The smallest absolute Gasteiger partial charge is 0.339 e. The van der Waals surface area contributed by atoms with Crippen LogP contribution in [0.5, 0.6) is 5.75 Å². The highest BCUT2D eigenvalue weighted by Gasteiger charge is 2.34. The normalized spacial score (nSPS) is 16.2. The van der Waals surface area contributed by atoms with Gasteiger partial charge in [0, 0.05) is 6.08 Å². The van der Waals surface area contributed by atoms with Gasteiger partial charge in [0.2, 0.25) is 0 Å². The highest BCUT2D eigenvalue weighted by atomic mass is 79.9. The molecule has 6 nitrogen and oxygen atoms in total. The molecule has 0 unspecified atom stereocenters. The van der Waals surface area contributed by atoms with Gasteiger partial charge in [0.15, 0.2) is 8.99 Å². The molecule has 0 saturated carbocycles. The molecular formula is C15H8BrNO5S2. The zero-order valence-corrected chi connectivity index (χ0v) is 14.9. The van der Waals surface area contributed by atoms with Gasteiger partial charge >= 0.3 is 5.97 Å². The Labute approximate surface area is 153 Å². The lowest BCUT2D eigenvalue weighted by molar-refractivity contribution is -0.113. The molecule has 1 aliphatic rings. The van der Waals surface area contributed by atoms with Crippen LogP contribution < -0.4 is 4.90 Å². The van der Waals surface area contributed by atoms with Crippen molar-refractivity contribution >= 4 is 67.9 Å². The van der Waals surface area contributed by atoms with Crippen molar-refractivity contribution in [2.24, 2.45) is 0 Å². The van der Waals surface area contributed by atoms with Crippen LogP contribution in [0.1, 0.15) is 16.1 Å². The van der Waals surface area contributed by atoms with Crippen LogP contribution in [0.25, 0.3) is 6.08 Å². The van der Waals surface area contributed by atoms with Crippen molar-refractivity contribution in [3.05, 3.63) is 51.2 Å². The Morgan fingerprint density at radius 3 is 2.71 bits per heavy atom. The number of rotatable bonds is 3. The number of aromatic carboxylic acids is 1. The van der Waals surface area contributed by atoms with Crippen molar-refractivity contribution in [2.75, 3.05) is 4.90 Å². The van der Waals surface area contributed by atoms with Gasteiger partial charge in [0.1, 0.15) is 17.1 Å². The lowest BCUT2D eigenvalue weighted by Gasteiger charge is -2.15. The van der Waals surface area contributed by atoms with Crippen LogP contribution in [0.15, 0.2) is 44.3 Å². The number of benzene rings is 1. The van der Waals surface area contributed by atoms with Crippen LogP contribution in [-0.2, 0) is 4.79 Å². The summed E-state index contributed by atoms with van der Waals surface area (Å²) in [6, 6.07) is 7.24. The van der Waals surface area contributed by atoms with E-state index in [1.54, 1.807) is 18.2 Å². The predicted octanol–water partition coefficient (Wildman–Crippen LogP) is 3.85. The number of thioether (sulfide) groups is 1. The number of carboxylic acids is 1. The lowest BCUT2D eigenvalue weighted by Crippen LogP contribution is -2.27. The van der Waals surface area contributed by atoms with Gasteiger partial charge in [-0.3, -0.25) is 9.69 Å². The maximum atomic E-state index is 12.6. The number of carbonyl (C=O) groups is 2. The quantitative estimate of drug-likeness (QED) is 0.569. The van der Waals surface area contributed by atoms with Crippen LogP contribution in [0.3, 0.4) is 0 Å². The number of thiocarbonyl (C=S) groups is 1. The average Bonchev–Trinajstić information content (AvgIpc) is 3.04. The Balaban J connectivity index is 1.97. The number of hydrogen-bond acceptors (Lipinski definition) is 6. The molecule has 2 aromatic rings. The summed E-state index contributed by atoms with van der Waals surface area (Å²) in [5, 5.41) is 18.7. The monoisotopic (exact) mass is 425 g/mol. The summed E-state index contributed by atoms with van der Waals surface area (Å²) in [5.74, 6) is -1.58. The van der Waals surface area contributed by atoms with E-state index in [1.807, 2.05) is 0 Å². The Morgan fingerprint density at radius 2 is 2.08 bits per heavy atom. The minimum Gasteiger partial charge on any atom is -0.507 e. The Morgan fingerprint density at radius 1 is 1.33 bits per heavy atom. The first-order chi connectivity index (χ1) is 11.4. The second-order valence-electron chi connectivity index (χ2n) is 4.67. The number of anilines is 1. The molecule has 0 aliphatic carbocycles. The van der Waals surface area contributed by atoms with E-state index >= 15 is 0 Å². The summed E-state index contributed by atoms with van der Waals surface area (Å²) in [5.41, 5.74) is -0.0304. The molecular weight excluding hydrogens is 418 g/mol. The Hall–Kier alpha value is -2.10. The molecule has 2 N–H and O–H groups in total. The maximum Gasteiger partial charge on any atom is 0.339 e. The summed E-state index contributed by atoms with van der Waals surface area (Å²) in [6.45, 7) is 0. The summed E-state index contributed by atoms with van der Waals surface area (Å²) < 4.78 is 6.14. The third kappa shape index (κ3) is 3.10. The lowest BCUT2D eigenvalue weighted by atomic mass is 10.1. The van der Waals surface area contributed by atoms with E-state index in [0.29, 0.717) is 15.3 Å². The highest BCUT2D eigenvalue weighted by Crippen LogP contribution is 2.37. The number of aromatic hydroxyl groups is 1.